The molecule has 0 saturated heterocycles. The number of halogens is 3. The van der Waals surface area contributed by atoms with E-state index in [4.69, 9.17) is 0 Å². The van der Waals surface area contributed by atoms with Crippen LogP contribution in [0.15, 0.2) is 51.9 Å². The Morgan fingerprint density at radius 2 is 1.91 bits per heavy atom. The highest BCUT2D eigenvalue weighted by atomic mass is 79.9. The van der Waals surface area contributed by atoms with E-state index in [1.54, 1.807) is 24.3 Å². The van der Waals surface area contributed by atoms with Crippen LogP contribution >= 0.6 is 15.9 Å². The maximum absolute atomic E-state index is 12.4. The molecular weight excluding hydrogens is 362 g/mol. The van der Waals surface area contributed by atoms with E-state index >= 15 is 0 Å². The van der Waals surface area contributed by atoms with Gasteiger partial charge in [0.15, 0.2) is 0 Å². The normalized spacial score (nSPS) is 11.1. The van der Waals surface area contributed by atoms with Crippen molar-refractivity contribution in [1.82, 2.24) is 0 Å². The van der Waals surface area contributed by atoms with Gasteiger partial charge in [-0.3, -0.25) is 15.1 Å². The number of nitro groups is 1. The minimum absolute atomic E-state index is 0.0948. The van der Waals surface area contributed by atoms with Crippen LogP contribution in [0, 0.1) is 10.1 Å². The maximum atomic E-state index is 12.4. The first kappa shape index (κ1) is 16.0. The number of aliphatic imine (C=N–C) groups is 1. The second-order valence-corrected chi connectivity index (χ2v) is 5.01. The standard InChI is InChI=1S/C14H9BrF2N2O3/c15-10-1-3-11(4-2-10)18-8-9-7-12(19(20)21)5-6-13(9)22-14(16)17/h1-8,14H. The van der Waals surface area contributed by atoms with Gasteiger partial charge in [0, 0.05) is 28.4 Å². The van der Waals surface area contributed by atoms with Gasteiger partial charge in [0.1, 0.15) is 5.75 Å². The first-order chi connectivity index (χ1) is 10.5. The van der Waals surface area contributed by atoms with Crippen LogP contribution in [0.2, 0.25) is 0 Å². The van der Waals surface area contributed by atoms with E-state index in [-0.39, 0.29) is 17.0 Å². The number of rotatable bonds is 5. The fourth-order valence-corrected chi connectivity index (χ4v) is 1.89. The zero-order chi connectivity index (χ0) is 16.1. The zero-order valence-corrected chi connectivity index (χ0v) is 12.5. The average Bonchev–Trinajstić information content (AvgIpc) is 2.47. The Kier molecular flexibility index (Phi) is 5.16. The predicted octanol–water partition coefficient (Wildman–Crippen LogP) is 4.71. The van der Waals surface area contributed by atoms with E-state index in [9.17, 15) is 18.9 Å². The highest BCUT2D eigenvalue weighted by Crippen LogP contribution is 2.25. The van der Waals surface area contributed by atoms with Crippen molar-refractivity contribution in [2.45, 2.75) is 6.61 Å². The number of non-ortho nitro benzene ring substituents is 1. The van der Waals surface area contributed by atoms with E-state index in [0.29, 0.717) is 5.69 Å². The molecule has 0 heterocycles. The Labute approximate surface area is 132 Å². The Morgan fingerprint density at radius 3 is 2.50 bits per heavy atom. The summed E-state index contributed by atoms with van der Waals surface area (Å²) in [5.74, 6) is -0.179. The highest BCUT2D eigenvalue weighted by Gasteiger charge is 2.13. The number of hydrogen-bond acceptors (Lipinski definition) is 4. The van der Waals surface area contributed by atoms with Crippen LogP contribution in [-0.4, -0.2) is 17.7 Å². The molecule has 0 aromatic heterocycles. The molecule has 0 aliphatic rings. The van der Waals surface area contributed by atoms with Crippen molar-refractivity contribution in [3.05, 3.63) is 62.6 Å². The molecule has 0 fully saturated rings. The Hall–Kier alpha value is -2.35. The van der Waals surface area contributed by atoms with Gasteiger partial charge in [-0.2, -0.15) is 8.78 Å². The number of nitrogens with zero attached hydrogens (tertiary/aromatic N) is 2. The third kappa shape index (κ3) is 4.32. The van der Waals surface area contributed by atoms with Crippen molar-refractivity contribution in [2.24, 2.45) is 4.99 Å². The number of alkyl halides is 2. The summed E-state index contributed by atoms with van der Waals surface area (Å²) in [4.78, 5) is 14.2. The van der Waals surface area contributed by atoms with Gasteiger partial charge >= 0.3 is 6.61 Å². The smallest absolute Gasteiger partial charge is 0.387 e. The van der Waals surface area contributed by atoms with E-state index in [2.05, 4.69) is 25.7 Å². The monoisotopic (exact) mass is 370 g/mol. The van der Waals surface area contributed by atoms with E-state index in [1.807, 2.05) is 0 Å². The van der Waals surface area contributed by atoms with E-state index in [0.717, 1.165) is 22.7 Å². The quantitative estimate of drug-likeness (QED) is 0.434. The molecular formula is C14H9BrF2N2O3. The van der Waals surface area contributed by atoms with Crippen LogP contribution in [0.1, 0.15) is 5.56 Å². The lowest BCUT2D eigenvalue weighted by Crippen LogP contribution is -2.04. The molecule has 0 radical (unpaired) electrons. The maximum Gasteiger partial charge on any atom is 0.387 e. The van der Waals surface area contributed by atoms with E-state index in [1.165, 1.54) is 6.21 Å². The third-order valence-corrected chi connectivity index (χ3v) is 3.13. The zero-order valence-electron chi connectivity index (χ0n) is 10.9. The van der Waals surface area contributed by atoms with Crippen molar-refractivity contribution in [3.63, 3.8) is 0 Å². The average molecular weight is 371 g/mol. The number of benzene rings is 2. The molecule has 0 saturated carbocycles. The molecule has 0 amide bonds. The molecule has 0 atom stereocenters. The first-order valence-corrected chi connectivity index (χ1v) is 6.78. The van der Waals surface area contributed by atoms with Crippen molar-refractivity contribution < 1.29 is 18.4 Å². The van der Waals surface area contributed by atoms with Gasteiger partial charge < -0.3 is 4.74 Å². The van der Waals surface area contributed by atoms with Crippen LogP contribution in [-0.2, 0) is 0 Å². The van der Waals surface area contributed by atoms with Crippen LogP contribution in [0.5, 0.6) is 5.75 Å². The summed E-state index contributed by atoms with van der Waals surface area (Å²) >= 11 is 3.28. The van der Waals surface area contributed by atoms with Crippen molar-refractivity contribution in [3.8, 4) is 5.75 Å². The minimum Gasteiger partial charge on any atom is -0.434 e. The number of hydrogen-bond donors (Lipinski definition) is 0. The molecule has 0 bridgehead atoms. The summed E-state index contributed by atoms with van der Waals surface area (Å²) in [5, 5.41) is 10.8. The summed E-state index contributed by atoms with van der Waals surface area (Å²) in [6, 6.07) is 10.3. The van der Waals surface area contributed by atoms with Crippen LogP contribution < -0.4 is 4.74 Å². The first-order valence-electron chi connectivity index (χ1n) is 5.98. The molecule has 5 nitrogen and oxygen atoms in total. The predicted molar refractivity (Wildman–Crippen MR) is 81.1 cm³/mol. The second-order valence-electron chi connectivity index (χ2n) is 4.09. The summed E-state index contributed by atoms with van der Waals surface area (Å²) in [5.41, 5.74) is 0.425. The Bertz CT molecular complexity index is 706. The van der Waals surface area contributed by atoms with Gasteiger partial charge in [-0.05, 0) is 30.3 Å². The Balaban J connectivity index is 2.35. The third-order valence-electron chi connectivity index (χ3n) is 2.60. The molecule has 0 aliphatic carbocycles. The van der Waals surface area contributed by atoms with Gasteiger partial charge in [0.05, 0.1) is 10.6 Å². The van der Waals surface area contributed by atoms with E-state index < -0.39 is 11.5 Å². The Morgan fingerprint density at radius 1 is 1.23 bits per heavy atom. The SMILES string of the molecule is O=[N+]([O-])c1ccc(OC(F)F)c(C=Nc2ccc(Br)cc2)c1. The molecule has 22 heavy (non-hydrogen) atoms. The molecule has 2 aromatic rings. The second kappa shape index (κ2) is 7.08. The fourth-order valence-electron chi connectivity index (χ4n) is 1.62. The molecule has 0 N–H and O–H groups in total. The minimum atomic E-state index is -3.03. The topological polar surface area (TPSA) is 64.7 Å². The molecule has 0 spiro atoms. The lowest BCUT2D eigenvalue weighted by molar-refractivity contribution is -0.384. The van der Waals surface area contributed by atoms with Crippen molar-refractivity contribution >= 4 is 33.5 Å². The lowest BCUT2D eigenvalue weighted by atomic mass is 10.2. The molecule has 114 valence electrons. The summed E-state index contributed by atoms with van der Waals surface area (Å²) in [6.07, 6.45) is 1.24. The van der Waals surface area contributed by atoms with Gasteiger partial charge in [-0.15, -0.1) is 0 Å². The van der Waals surface area contributed by atoms with Gasteiger partial charge in [-0.1, -0.05) is 15.9 Å². The van der Waals surface area contributed by atoms with Gasteiger partial charge in [0.25, 0.3) is 5.69 Å². The van der Waals surface area contributed by atoms with Gasteiger partial charge in [0.2, 0.25) is 0 Å². The summed E-state index contributed by atoms with van der Waals surface area (Å²) in [7, 11) is 0. The molecule has 2 rings (SSSR count). The van der Waals surface area contributed by atoms with Crippen molar-refractivity contribution in [1.29, 1.82) is 0 Å². The highest BCUT2D eigenvalue weighted by molar-refractivity contribution is 9.10. The molecule has 2 aromatic carbocycles. The van der Waals surface area contributed by atoms with Gasteiger partial charge in [-0.25, -0.2) is 0 Å². The van der Waals surface area contributed by atoms with Crippen LogP contribution in [0.3, 0.4) is 0 Å². The largest absolute Gasteiger partial charge is 0.434 e. The molecule has 0 aliphatic heterocycles. The number of nitro benzene ring substituents is 1. The molecule has 8 heteroatoms. The van der Waals surface area contributed by atoms with Crippen LogP contribution in [0.25, 0.3) is 0 Å². The number of ether oxygens (including phenoxy) is 1. The summed E-state index contributed by atoms with van der Waals surface area (Å²) < 4.78 is 29.9. The fraction of sp³-hybridized carbons (Fsp3) is 0.0714. The van der Waals surface area contributed by atoms with Crippen molar-refractivity contribution in [2.75, 3.05) is 0 Å². The molecule has 0 unspecified atom stereocenters. The van der Waals surface area contributed by atoms with Crippen LogP contribution in [0.4, 0.5) is 20.2 Å². The summed E-state index contributed by atoms with van der Waals surface area (Å²) in [6.45, 7) is -3.03. The lowest BCUT2D eigenvalue weighted by Gasteiger charge is -2.07.